The molecule has 1 N–H and O–H groups in total. The molecule has 1 amide bonds. The third-order valence-electron chi connectivity index (χ3n) is 3.59. The Labute approximate surface area is 127 Å². The van der Waals surface area contributed by atoms with E-state index in [-0.39, 0.29) is 13.5 Å². The van der Waals surface area contributed by atoms with Crippen LogP contribution in [0.3, 0.4) is 0 Å². The fraction of sp³-hybridized carbons (Fsp3) is 0.562. The lowest BCUT2D eigenvalue weighted by molar-refractivity contribution is 0.165. The van der Waals surface area contributed by atoms with Gasteiger partial charge in [-0.15, -0.1) is 0 Å². The van der Waals surface area contributed by atoms with E-state index in [9.17, 15) is 4.79 Å². The first-order chi connectivity index (χ1) is 9.52. The first kappa shape index (κ1) is 17.3. The van der Waals surface area contributed by atoms with E-state index in [1.165, 1.54) is 5.56 Å². The lowest BCUT2D eigenvalue weighted by atomic mass is 10.0. The van der Waals surface area contributed by atoms with Crippen molar-refractivity contribution in [2.45, 2.75) is 20.3 Å². The Hall–Kier alpha value is -1.75. The number of benzene rings is 1. The summed E-state index contributed by atoms with van der Waals surface area (Å²) in [5.74, 6) is 1.05. The molecule has 0 bridgehead atoms. The zero-order valence-corrected chi connectivity index (χ0v) is 12.6. The van der Waals surface area contributed by atoms with Crippen LogP contribution in [0.5, 0.6) is 5.75 Å². The Morgan fingerprint density at radius 2 is 2.10 bits per heavy atom. The maximum absolute atomic E-state index is 11.9. The van der Waals surface area contributed by atoms with Gasteiger partial charge in [0.1, 0.15) is 0 Å². The lowest BCUT2D eigenvalue weighted by Gasteiger charge is -2.17. The number of hydrogen-bond acceptors (Lipinski definition) is 4. The van der Waals surface area contributed by atoms with Gasteiger partial charge in [-0.3, -0.25) is 0 Å². The van der Waals surface area contributed by atoms with Crippen LogP contribution in [0.1, 0.15) is 25.8 Å². The number of rotatable bonds is 4. The molecule has 0 fully saturated rings. The highest BCUT2D eigenvalue weighted by Crippen LogP contribution is 2.38. The third kappa shape index (κ3) is 3.88. The molecule has 0 saturated heterocycles. The summed E-state index contributed by atoms with van der Waals surface area (Å²) >= 11 is 0. The van der Waals surface area contributed by atoms with Crippen LogP contribution in [0.25, 0.3) is 0 Å². The fourth-order valence-corrected chi connectivity index (χ4v) is 2.40. The number of fused-ring (bicyclic) bond motifs is 1. The average Bonchev–Trinajstić information content (AvgIpc) is 2.81. The molecule has 0 saturated carbocycles. The minimum atomic E-state index is -0.321. The summed E-state index contributed by atoms with van der Waals surface area (Å²) in [7, 11) is 5.87. The molecular formula is C16H27N3O2. The molecule has 5 heteroatoms. The molecule has 0 aromatic heterocycles. The highest BCUT2D eigenvalue weighted by Gasteiger charge is 2.26. The predicted molar refractivity (Wildman–Crippen MR) is 87.3 cm³/mol. The molecule has 1 unspecified atom stereocenters. The molecule has 1 atom stereocenters. The van der Waals surface area contributed by atoms with E-state index in [4.69, 9.17) is 4.74 Å². The van der Waals surface area contributed by atoms with Gasteiger partial charge in [0.2, 0.25) is 0 Å². The lowest BCUT2D eigenvalue weighted by Crippen LogP contribution is -2.29. The first-order valence-corrected chi connectivity index (χ1v) is 6.97. The highest BCUT2D eigenvalue weighted by molar-refractivity contribution is 5.76. The van der Waals surface area contributed by atoms with Crippen LogP contribution in [0.4, 0.5) is 10.5 Å². The minimum absolute atomic E-state index is 0. The number of carbonyl (C=O) groups is 1. The number of para-hydroxylation sites is 1. The van der Waals surface area contributed by atoms with Crippen molar-refractivity contribution in [3.8, 4) is 5.75 Å². The normalized spacial score (nSPS) is 16.0. The van der Waals surface area contributed by atoms with Crippen LogP contribution < -0.4 is 10.1 Å². The Morgan fingerprint density at radius 3 is 2.71 bits per heavy atom. The number of nitrogens with zero attached hydrogens (tertiary/aromatic N) is 2. The fourth-order valence-electron chi connectivity index (χ4n) is 2.40. The van der Waals surface area contributed by atoms with E-state index in [2.05, 4.69) is 30.4 Å². The Morgan fingerprint density at radius 1 is 1.38 bits per heavy atom. The van der Waals surface area contributed by atoms with Crippen LogP contribution in [0.15, 0.2) is 18.2 Å². The van der Waals surface area contributed by atoms with E-state index in [1.54, 1.807) is 11.9 Å². The van der Waals surface area contributed by atoms with Crippen LogP contribution >= 0.6 is 0 Å². The first-order valence-electron chi connectivity index (χ1n) is 6.97. The number of hydrogen-bond donors (Lipinski definition) is 1. The van der Waals surface area contributed by atoms with Crippen LogP contribution in [0.2, 0.25) is 0 Å². The quantitative estimate of drug-likeness (QED) is 0.927. The van der Waals surface area contributed by atoms with Gasteiger partial charge < -0.3 is 19.9 Å². The largest absolute Gasteiger partial charge is 0.415 e. The molecule has 1 heterocycles. The predicted octanol–water partition coefficient (Wildman–Crippen LogP) is 2.84. The van der Waals surface area contributed by atoms with Gasteiger partial charge in [0.25, 0.3) is 0 Å². The van der Waals surface area contributed by atoms with Crippen LogP contribution in [-0.2, 0) is 0 Å². The highest BCUT2D eigenvalue weighted by atomic mass is 16.6. The summed E-state index contributed by atoms with van der Waals surface area (Å²) in [4.78, 5) is 15.6. The number of ether oxygens (including phenoxy) is 1. The van der Waals surface area contributed by atoms with E-state index >= 15 is 0 Å². The summed E-state index contributed by atoms with van der Waals surface area (Å²) < 4.78 is 5.47. The second-order valence-corrected chi connectivity index (χ2v) is 5.44. The molecule has 0 radical (unpaired) electrons. The van der Waals surface area contributed by atoms with Gasteiger partial charge >= 0.3 is 6.09 Å². The van der Waals surface area contributed by atoms with E-state index < -0.39 is 0 Å². The second kappa shape index (κ2) is 7.31. The third-order valence-corrected chi connectivity index (χ3v) is 3.59. The SMILES string of the molecule is C.CCN(C)C(=O)Oc1cccc2c1NCC2CN(C)C. The number of amides is 1. The van der Waals surface area contributed by atoms with Crippen molar-refractivity contribution in [2.24, 2.45) is 0 Å². The van der Waals surface area contributed by atoms with Crippen molar-refractivity contribution < 1.29 is 9.53 Å². The van der Waals surface area contributed by atoms with Gasteiger partial charge in [-0.25, -0.2) is 4.79 Å². The maximum atomic E-state index is 11.9. The van der Waals surface area contributed by atoms with Gasteiger partial charge in [-0.2, -0.15) is 0 Å². The van der Waals surface area contributed by atoms with Gasteiger partial charge in [0.05, 0.1) is 5.69 Å². The van der Waals surface area contributed by atoms with Crippen molar-refractivity contribution in [1.29, 1.82) is 0 Å². The van der Waals surface area contributed by atoms with Gasteiger partial charge in [-0.05, 0) is 32.6 Å². The van der Waals surface area contributed by atoms with Crippen LogP contribution in [-0.4, -0.2) is 56.7 Å². The van der Waals surface area contributed by atoms with Crippen molar-refractivity contribution in [3.63, 3.8) is 0 Å². The molecule has 118 valence electrons. The monoisotopic (exact) mass is 293 g/mol. The molecule has 5 nitrogen and oxygen atoms in total. The Kier molecular flexibility index (Phi) is 6.03. The minimum Gasteiger partial charge on any atom is -0.408 e. The van der Waals surface area contributed by atoms with Crippen LogP contribution in [0, 0.1) is 0 Å². The molecule has 21 heavy (non-hydrogen) atoms. The molecule has 1 aromatic carbocycles. The van der Waals surface area contributed by atoms with Gasteiger partial charge in [0.15, 0.2) is 5.75 Å². The Bertz CT molecular complexity index is 488. The van der Waals surface area contributed by atoms with E-state index in [0.717, 1.165) is 18.8 Å². The number of carbonyl (C=O) groups excluding carboxylic acids is 1. The summed E-state index contributed by atoms with van der Waals surface area (Å²) in [5.41, 5.74) is 2.18. The van der Waals surface area contributed by atoms with Gasteiger partial charge in [-0.1, -0.05) is 19.6 Å². The number of likely N-dealkylation sites (N-methyl/N-ethyl adjacent to an activating group) is 1. The standard InChI is InChI=1S/C15H23N3O2.CH4/c1-5-18(4)15(19)20-13-8-6-7-12-11(10-17(2)3)9-16-14(12)13;/h6-8,11,16H,5,9-10H2,1-4H3;1H4. The molecule has 1 aliphatic heterocycles. The molecule has 1 aliphatic rings. The average molecular weight is 293 g/mol. The molecule has 0 aliphatic carbocycles. The number of nitrogens with one attached hydrogen (secondary N) is 1. The molecular weight excluding hydrogens is 266 g/mol. The molecule has 0 spiro atoms. The van der Waals surface area contributed by atoms with Crippen molar-refractivity contribution in [1.82, 2.24) is 9.80 Å². The van der Waals surface area contributed by atoms with E-state index in [0.29, 0.717) is 18.2 Å². The zero-order chi connectivity index (χ0) is 14.7. The van der Waals surface area contributed by atoms with Crippen molar-refractivity contribution in [2.75, 3.05) is 46.1 Å². The summed E-state index contributed by atoms with van der Waals surface area (Å²) in [6, 6.07) is 5.89. The number of anilines is 1. The van der Waals surface area contributed by atoms with Crippen molar-refractivity contribution in [3.05, 3.63) is 23.8 Å². The molecule has 2 rings (SSSR count). The zero-order valence-electron chi connectivity index (χ0n) is 12.6. The summed E-state index contributed by atoms with van der Waals surface area (Å²) in [5, 5.41) is 3.36. The summed E-state index contributed by atoms with van der Waals surface area (Å²) in [6.07, 6.45) is -0.321. The second-order valence-electron chi connectivity index (χ2n) is 5.44. The summed E-state index contributed by atoms with van der Waals surface area (Å²) in [6.45, 7) is 4.41. The molecule has 1 aromatic rings. The van der Waals surface area contributed by atoms with Crippen molar-refractivity contribution >= 4 is 11.8 Å². The maximum Gasteiger partial charge on any atom is 0.415 e. The Balaban J connectivity index is 0.00000220. The smallest absolute Gasteiger partial charge is 0.408 e. The van der Waals surface area contributed by atoms with Gasteiger partial charge in [0, 0.05) is 32.6 Å². The topological polar surface area (TPSA) is 44.8 Å². The van der Waals surface area contributed by atoms with E-state index in [1.807, 2.05) is 19.1 Å².